The van der Waals surface area contributed by atoms with Crippen LogP contribution in [0.2, 0.25) is 32.7 Å². The van der Waals surface area contributed by atoms with Crippen LogP contribution in [0.4, 0.5) is 0 Å². The van der Waals surface area contributed by atoms with Gasteiger partial charge in [0, 0.05) is 6.04 Å². The van der Waals surface area contributed by atoms with Gasteiger partial charge in [-0.25, -0.2) is 0 Å². The summed E-state index contributed by atoms with van der Waals surface area (Å²) in [6, 6.07) is 0.870. The molecule has 0 bridgehead atoms. The van der Waals surface area contributed by atoms with E-state index in [-0.39, 0.29) is 0 Å². The van der Waals surface area contributed by atoms with Gasteiger partial charge in [0.15, 0.2) is 9.12 Å². The normalized spacial score (nSPS) is 20.8. The first-order chi connectivity index (χ1) is 7.02. The fraction of sp³-hybridized carbons (Fsp3) is 1.00. The van der Waals surface area contributed by atoms with E-state index in [9.17, 15) is 0 Å². The Labute approximate surface area is 101 Å². The van der Waals surface area contributed by atoms with Gasteiger partial charge in [-0.2, -0.15) is 0 Å². The van der Waals surface area contributed by atoms with Crippen LogP contribution in [-0.2, 0) is 0 Å². The van der Waals surface area contributed by atoms with Crippen molar-refractivity contribution in [2.45, 2.75) is 64.5 Å². The first-order valence-corrected chi connectivity index (χ1v) is 14.5. The second kappa shape index (κ2) is 6.34. The van der Waals surface area contributed by atoms with Gasteiger partial charge in [0.2, 0.25) is 0 Å². The van der Waals surface area contributed by atoms with Crippen LogP contribution < -0.4 is 4.98 Å². The lowest BCUT2D eigenvalue weighted by Crippen LogP contribution is -2.59. The third kappa shape index (κ3) is 4.14. The second-order valence-corrected chi connectivity index (χ2v) is 15.1. The predicted octanol–water partition coefficient (Wildman–Crippen LogP) is 1.64. The van der Waals surface area contributed by atoms with Gasteiger partial charge >= 0.3 is 0 Å². The van der Waals surface area contributed by atoms with Gasteiger partial charge in [-0.3, -0.25) is 0 Å². The number of rotatable bonds is 5. The summed E-state index contributed by atoms with van der Waals surface area (Å²) in [5, 5.41) is 0. The Morgan fingerprint density at radius 3 is 1.80 bits per heavy atom. The smallest absolute Gasteiger partial charge is 0.170 e. The monoisotopic (exact) mass is 260 g/mol. The van der Waals surface area contributed by atoms with Gasteiger partial charge < -0.3 is 8.88 Å². The SMILES string of the molecule is C[SiH](C)N([SiH](C)C)[SiH](C)NC1CCCC1. The number of nitrogens with one attached hydrogen (secondary N) is 1. The van der Waals surface area contributed by atoms with Crippen molar-refractivity contribution in [1.29, 1.82) is 0 Å². The summed E-state index contributed by atoms with van der Waals surface area (Å²) in [6.07, 6.45) is 5.78. The Balaban J connectivity index is 2.44. The predicted molar refractivity (Wildman–Crippen MR) is 78.0 cm³/mol. The van der Waals surface area contributed by atoms with Crippen molar-refractivity contribution in [3.05, 3.63) is 0 Å². The molecule has 0 saturated heterocycles. The lowest BCUT2D eigenvalue weighted by Gasteiger charge is -2.36. The molecule has 2 nitrogen and oxygen atoms in total. The Kier molecular flexibility index (Phi) is 5.76. The van der Waals surface area contributed by atoms with Crippen LogP contribution >= 0.6 is 0 Å². The molecule has 0 aliphatic heterocycles. The molecule has 0 heterocycles. The van der Waals surface area contributed by atoms with Crippen molar-refractivity contribution >= 4 is 27.0 Å². The van der Waals surface area contributed by atoms with E-state index in [1.54, 1.807) is 0 Å². The lowest BCUT2D eigenvalue weighted by molar-refractivity contribution is 0.624. The van der Waals surface area contributed by atoms with Crippen LogP contribution in [0.25, 0.3) is 0 Å². The zero-order valence-corrected chi connectivity index (χ0v) is 14.5. The largest absolute Gasteiger partial charge is 0.364 e. The molecule has 0 amide bonds. The quantitative estimate of drug-likeness (QED) is 0.756. The summed E-state index contributed by atoms with van der Waals surface area (Å²) >= 11 is 0. The summed E-state index contributed by atoms with van der Waals surface area (Å²) in [7, 11) is -1.91. The molecule has 0 aromatic heterocycles. The molecule has 1 unspecified atom stereocenters. The highest BCUT2D eigenvalue weighted by Crippen LogP contribution is 2.18. The van der Waals surface area contributed by atoms with E-state index >= 15 is 0 Å². The van der Waals surface area contributed by atoms with Gasteiger partial charge in [-0.15, -0.1) is 0 Å². The molecule has 1 N–H and O–H groups in total. The summed E-state index contributed by atoms with van der Waals surface area (Å²) in [4.78, 5) is 3.98. The fourth-order valence-corrected chi connectivity index (χ4v) is 16.6. The Morgan fingerprint density at radius 1 is 0.933 bits per heavy atom. The molecule has 1 aliphatic carbocycles. The van der Waals surface area contributed by atoms with Crippen molar-refractivity contribution in [1.82, 2.24) is 8.88 Å². The Bertz CT molecular complexity index is 174. The molecule has 0 aromatic rings. The Hall–Kier alpha value is 0.571. The maximum atomic E-state index is 3.98. The molecule has 1 rings (SSSR count). The fourth-order valence-electron chi connectivity index (χ4n) is 3.01. The van der Waals surface area contributed by atoms with E-state index < -0.39 is 27.0 Å². The number of nitrogens with zero attached hydrogens (tertiary/aromatic N) is 1. The van der Waals surface area contributed by atoms with Crippen molar-refractivity contribution in [2.24, 2.45) is 0 Å². The van der Waals surface area contributed by atoms with E-state index in [0.29, 0.717) is 0 Å². The molecule has 1 fully saturated rings. The van der Waals surface area contributed by atoms with Crippen molar-refractivity contribution in [3.63, 3.8) is 0 Å². The zero-order valence-electron chi connectivity index (χ0n) is 11.1. The Morgan fingerprint density at radius 2 is 1.40 bits per heavy atom. The minimum atomic E-state index is -0.779. The third-order valence-corrected chi connectivity index (χ3v) is 17.5. The zero-order chi connectivity index (χ0) is 11.4. The highest BCUT2D eigenvalue weighted by Gasteiger charge is 2.25. The maximum Gasteiger partial charge on any atom is 0.170 e. The molecule has 1 atom stereocenters. The third-order valence-electron chi connectivity index (χ3n) is 3.47. The molecular weight excluding hydrogens is 232 g/mol. The molecular formula is C10H28N2Si3. The van der Waals surface area contributed by atoms with E-state index in [1.807, 2.05) is 0 Å². The highest BCUT2D eigenvalue weighted by atomic mass is 28.4. The van der Waals surface area contributed by atoms with Gasteiger partial charge in [0.25, 0.3) is 0 Å². The van der Waals surface area contributed by atoms with Crippen molar-refractivity contribution in [3.8, 4) is 0 Å². The minimum Gasteiger partial charge on any atom is -0.364 e. The minimum absolute atomic E-state index is 0.568. The first kappa shape index (κ1) is 13.6. The van der Waals surface area contributed by atoms with Gasteiger partial charge in [-0.1, -0.05) is 39.0 Å². The van der Waals surface area contributed by atoms with Gasteiger partial charge in [0.05, 0.1) is 17.9 Å². The highest BCUT2D eigenvalue weighted by molar-refractivity contribution is 6.84. The maximum absolute atomic E-state index is 3.98. The van der Waals surface area contributed by atoms with Gasteiger partial charge in [0.1, 0.15) is 0 Å². The topological polar surface area (TPSA) is 15.3 Å². The van der Waals surface area contributed by atoms with Crippen LogP contribution in [-0.4, -0.2) is 37.0 Å². The van der Waals surface area contributed by atoms with Crippen molar-refractivity contribution < 1.29 is 0 Å². The lowest BCUT2D eigenvalue weighted by atomic mass is 10.3. The van der Waals surface area contributed by atoms with Crippen LogP contribution in [0.3, 0.4) is 0 Å². The van der Waals surface area contributed by atoms with Crippen molar-refractivity contribution in [2.75, 3.05) is 0 Å². The van der Waals surface area contributed by atoms with Crippen LogP contribution in [0.1, 0.15) is 25.7 Å². The van der Waals surface area contributed by atoms with Crippen LogP contribution in [0.5, 0.6) is 0 Å². The molecule has 90 valence electrons. The number of hydrogen-bond acceptors (Lipinski definition) is 2. The summed E-state index contributed by atoms with van der Waals surface area (Å²) < 4.78 is 2.97. The molecule has 1 aliphatic rings. The molecule has 0 aromatic carbocycles. The molecule has 0 spiro atoms. The summed E-state index contributed by atoms with van der Waals surface area (Å²) in [5.74, 6) is 0. The van der Waals surface area contributed by atoms with E-state index in [4.69, 9.17) is 0 Å². The summed E-state index contributed by atoms with van der Waals surface area (Å²) in [5.41, 5.74) is 0. The average Bonchev–Trinajstić information content (AvgIpc) is 2.54. The second-order valence-electron chi connectivity index (χ2n) is 5.46. The van der Waals surface area contributed by atoms with Crippen LogP contribution in [0.15, 0.2) is 0 Å². The average molecular weight is 261 g/mol. The standard InChI is InChI=1S/C10H28N2Si3/c1-13(2)12(14(3)4)15(5)11-10-8-6-7-9-10/h10-11,13-15H,6-9H2,1-5H3. The molecule has 1 saturated carbocycles. The van der Waals surface area contributed by atoms with E-state index in [1.165, 1.54) is 25.7 Å². The van der Waals surface area contributed by atoms with Gasteiger partial charge in [-0.05, 0) is 19.4 Å². The molecule has 15 heavy (non-hydrogen) atoms. The van der Waals surface area contributed by atoms with E-state index in [2.05, 4.69) is 41.6 Å². The summed E-state index contributed by atoms with van der Waals surface area (Å²) in [6.45, 7) is 12.5. The van der Waals surface area contributed by atoms with Crippen LogP contribution in [0, 0.1) is 0 Å². The molecule has 0 radical (unpaired) electrons. The molecule has 5 heteroatoms. The first-order valence-electron chi connectivity index (χ1n) is 6.56. The van der Waals surface area contributed by atoms with E-state index in [0.717, 1.165) is 6.04 Å². The number of hydrogen-bond donors (Lipinski definition) is 1.